The summed E-state index contributed by atoms with van der Waals surface area (Å²) in [7, 11) is 0. The van der Waals surface area contributed by atoms with Gasteiger partial charge < -0.3 is 10.2 Å². The van der Waals surface area contributed by atoms with E-state index < -0.39 is 0 Å². The summed E-state index contributed by atoms with van der Waals surface area (Å²) in [6, 6.07) is 12.0. The molecule has 0 saturated carbocycles. The lowest BCUT2D eigenvalue weighted by atomic mass is 10.2. The molecule has 0 bridgehead atoms. The molecule has 3 rings (SSSR count). The van der Waals surface area contributed by atoms with Gasteiger partial charge in [0.05, 0.1) is 0 Å². The van der Waals surface area contributed by atoms with Crippen molar-refractivity contribution >= 4 is 34.8 Å². The lowest BCUT2D eigenvalue weighted by Gasteiger charge is -2.23. The molecule has 5 heteroatoms. The molecule has 2 aromatic rings. The molecule has 1 saturated heterocycles. The number of rotatable bonds is 2. The van der Waals surface area contributed by atoms with Crippen LogP contribution in [0.1, 0.15) is 15.8 Å². The Morgan fingerprint density at radius 3 is 3.00 bits per heavy atom. The van der Waals surface area contributed by atoms with E-state index in [-0.39, 0.29) is 11.4 Å². The summed E-state index contributed by atoms with van der Waals surface area (Å²) >= 11 is 3.53. The Bertz CT molecular complexity index is 598. The van der Waals surface area contributed by atoms with Crippen molar-refractivity contribution in [2.24, 2.45) is 0 Å². The molecule has 1 aromatic heterocycles. The summed E-state index contributed by atoms with van der Waals surface area (Å²) in [6.45, 7) is 2.82. The van der Waals surface area contributed by atoms with Crippen LogP contribution in [-0.2, 0) is 0 Å². The van der Waals surface area contributed by atoms with Crippen LogP contribution in [-0.4, -0.2) is 23.2 Å². The standard InChI is InChI=1S/C15H16N2OS2/c1-11-4-2-5-12(10-11)16-15(18)17-7-9-20-14(17)13-6-3-8-19-13/h2-6,8,10,14H,7,9H2,1H3,(H,16,18)/t14-/m0/s1. The van der Waals surface area contributed by atoms with E-state index >= 15 is 0 Å². The Balaban J connectivity index is 1.73. The number of aryl methyl sites for hydroxylation is 1. The molecule has 0 aliphatic carbocycles. The number of nitrogens with one attached hydrogen (secondary N) is 1. The lowest BCUT2D eigenvalue weighted by molar-refractivity contribution is 0.215. The predicted molar refractivity (Wildman–Crippen MR) is 86.4 cm³/mol. The first-order valence-electron chi connectivity index (χ1n) is 6.53. The SMILES string of the molecule is Cc1cccc(NC(=O)N2CCS[C@H]2c2cccs2)c1. The first-order valence-corrected chi connectivity index (χ1v) is 8.46. The number of amides is 2. The second kappa shape index (κ2) is 5.89. The zero-order valence-corrected chi connectivity index (χ0v) is 12.8. The molecule has 1 aliphatic heterocycles. The van der Waals surface area contributed by atoms with E-state index in [9.17, 15) is 4.79 Å². The molecule has 0 spiro atoms. The second-order valence-corrected chi connectivity index (χ2v) is 6.90. The molecule has 1 N–H and O–H groups in total. The normalized spacial score (nSPS) is 18.2. The summed E-state index contributed by atoms with van der Waals surface area (Å²) in [6.07, 6.45) is 0. The number of hydrogen-bond donors (Lipinski definition) is 1. The minimum absolute atomic E-state index is 0.0148. The number of benzene rings is 1. The Labute approximate surface area is 127 Å². The van der Waals surface area contributed by atoms with Gasteiger partial charge in [0.1, 0.15) is 5.37 Å². The third-order valence-corrected chi connectivity index (χ3v) is 5.52. The molecule has 3 nitrogen and oxygen atoms in total. The lowest BCUT2D eigenvalue weighted by Crippen LogP contribution is -2.34. The van der Waals surface area contributed by atoms with Crippen LogP contribution < -0.4 is 5.32 Å². The van der Waals surface area contributed by atoms with Gasteiger partial charge in [-0.15, -0.1) is 23.1 Å². The fourth-order valence-electron chi connectivity index (χ4n) is 2.26. The molecule has 0 radical (unpaired) electrons. The largest absolute Gasteiger partial charge is 0.323 e. The Morgan fingerprint density at radius 1 is 1.35 bits per heavy atom. The number of thioether (sulfide) groups is 1. The Morgan fingerprint density at radius 2 is 2.25 bits per heavy atom. The molecule has 2 amide bonds. The predicted octanol–water partition coefficient (Wildman–Crippen LogP) is 4.34. The number of carbonyl (C=O) groups excluding carboxylic acids is 1. The molecule has 1 aromatic carbocycles. The number of nitrogens with zero attached hydrogens (tertiary/aromatic N) is 1. The highest BCUT2D eigenvalue weighted by Gasteiger charge is 2.31. The summed E-state index contributed by atoms with van der Waals surface area (Å²) in [5.41, 5.74) is 2.00. The van der Waals surface area contributed by atoms with Crippen LogP contribution in [0.25, 0.3) is 0 Å². The van der Waals surface area contributed by atoms with E-state index in [1.165, 1.54) is 4.88 Å². The maximum Gasteiger partial charge on any atom is 0.323 e. The van der Waals surface area contributed by atoms with Gasteiger partial charge in [-0.05, 0) is 36.1 Å². The van der Waals surface area contributed by atoms with Crippen LogP contribution in [0.2, 0.25) is 0 Å². The molecule has 2 heterocycles. The van der Waals surface area contributed by atoms with Crippen molar-refractivity contribution in [1.82, 2.24) is 4.90 Å². The van der Waals surface area contributed by atoms with Crippen molar-refractivity contribution in [3.8, 4) is 0 Å². The molecule has 1 aliphatic rings. The van der Waals surface area contributed by atoms with Crippen LogP contribution in [0.4, 0.5) is 10.5 Å². The summed E-state index contributed by atoms with van der Waals surface area (Å²) in [5.74, 6) is 0.990. The van der Waals surface area contributed by atoms with Gasteiger partial charge in [0.25, 0.3) is 0 Å². The molecule has 0 unspecified atom stereocenters. The number of urea groups is 1. The van der Waals surface area contributed by atoms with Crippen molar-refractivity contribution in [3.05, 3.63) is 52.2 Å². The Kier molecular flexibility index (Phi) is 3.98. The van der Waals surface area contributed by atoms with Crippen molar-refractivity contribution in [1.29, 1.82) is 0 Å². The minimum Gasteiger partial charge on any atom is -0.308 e. The fourth-order valence-corrected chi connectivity index (χ4v) is 4.50. The number of carbonyl (C=O) groups is 1. The highest BCUT2D eigenvalue weighted by atomic mass is 32.2. The molecule has 20 heavy (non-hydrogen) atoms. The highest BCUT2D eigenvalue weighted by molar-refractivity contribution is 7.99. The van der Waals surface area contributed by atoms with Crippen LogP contribution in [0, 0.1) is 6.92 Å². The second-order valence-electron chi connectivity index (χ2n) is 4.73. The van der Waals surface area contributed by atoms with Gasteiger partial charge in [-0.1, -0.05) is 18.2 Å². The Hall–Kier alpha value is -1.46. The van der Waals surface area contributed by atoms with Crippen LogP contribution in [0.3, 0.4) is 0 Å². The van der Waals surface area contributed by atoms with Crippen LogP contribution in [0.15, 0.2) is 41.8 Å². The fraction of sp³-hybridized carbons (Fsp3) is 0.267. The molecule has 104 valence electrons. The maximum atomic E-state index is 12.4. The maximum absolute atomic E-state index is 12.4. The van der Waals surface area contributed by atoms with Gasteiger partial charge in [0.2, 0.25) is 0 Å². The van der Waals surface area contributed by atoms with Crippen molar-refractivity contribution in [2.45, 2.75) is 12.3 Å². The summed E-state index contributed by atoms with van der Waals surface area (Å²) < 4.78 is 0. The summed E-state index contributed by atoms with van der Waals surface area (Å²) in [4.78, 5) is 15.6. The number of thiophene rings is 1. The van der Waals surface area contributed by atoms with Gasteiger partial charge in [-0.25, -0.2) is 4.79 Å². The zero-order chi connectivity index (χ0) is 13.9. The smallest absolute Gasteiger partial charge is 0.308 e. The third-order valence-electron chi connectivity index (χ3n) is 3.21. The molecule has 1 atom stereocenters. The van der Waals surface area contributed by atoms with E-state index in [0.717, 1.165) is 23.5 Å². The van der Waals surface area contributed by atoms with E-state index in [1.54, 1.807) is 11.3 Å². The van der Waals surface area contributed by atoms with E-state index in [4.69, 9.17) is 0 Å². The van der Waals surface area contributed by atoms with Crippen molar-refractivity contribution < 1.29 is 4.79 Å². The van der Waals surface area contributed by atoms with Crippen LogP contribution in [0.5, 0.6) is 0 Å². The monoisotopic (exact) mass is 304 g/mol. The van der Waals surface area contributed by atoms with E-state index in [1.807, 2.05) is 53.9 Å². The number of hydrogen-bond acceptors (Lipinski definition) is 3. The van der Waals surface area contributed by atoms with E-state index in [2.05, 4.69) is 16.8 Å². The first kappa shape index (κ1) is 13.5. The zero-order valence-electron chi connectivity index (χ0n) is 11.2. The first-order chi connectivity index (χ1) is 9.74. The topological polar surface area (TPSA) is 32.3 Å². The van der Waals surface area contributed by atoms with Gasteiger partial charge >= 0.3 is 6.03 Å². The van der Waals surface area contributed by atoms with Crippen molar-refractivity contribution in [3.63, 3.8) is 0 Å². The van der Waals surface area contributed by atoms with Crippen LogP contribution >= 0.6 is 23.1 Å². The number of anilines is 1. The molecular weight excluding hydrogens is 288 g/mol. The van der Waals surface area contributed by atoms with Gasteiger partial charge in [-0.3, -0.25) is 0 Å². The third kappa shape index (κ3) is 2.83. The highest BCUT2D eigenvalue weighted by Crippen LogP contribution is 2.40. The average molecular weight is 304 g/mol. The van der Waals surface area contributed by atoms with Gasteiger partial charge in [0, 0.05) is 22.9 Å². The van der Waals surface area contributed by atoms with Gasteiger partial charge in [-0.2, -0.15) is 0 Å². The average Bonchev–Trinajstić information content (AvgIpc) is 3.09. The van der Waals surface area contributed by atoms with E-state index in [0.29, 0.717) is 0 Å². The molecule has 1 fully saturated rings. The summed E-state index contributed by atoms with van der Waals surface area (Å²) in [5, 5.41) is 5.21. The van der Waals surface area contributed by atoms with Gasteiger partial charge in [0.15, 0.2) is 0 Å². The quantitative estimate of drug-likeness (QED) is 0.895. The minimum atomic E-state index is -0.0148. The molecular formula is C15H16N2OS2. The van der Waals surface area contributed by atoms with Crippen molar-refractivity contribution in [2.75, 3.05) is 17.6 Å².